The predicted molar refractivity (Wildman–Crippen MR) is 70.2 cm³/mol. The van der Waals surface area contributed by atoms with Crippen molar-refractivity contribution in [1.29, 1.82) is 0 Å². The summed E-state index contributed by atoms with van der Waals surface area (Å²) in [6.45, 7) is 3.41. The highest BCUT2D eigenvalue weighted by molar-refractivity contribution is 6.30. The Balaban J connectivity index is 1.83. The molecule has 0 spiro atoms. The summed E-state index contributed by atoms with van der Waals surface area (Å²) in [5.41, 5.74) is 1.89. The van der Waals surface area contributed by atoms with Crippen LogP contribution in [0, 0.1) is 5.92 Å². The van der Waals surface area contributed by atoms with Crippen molar-refractivity contribution in [2.75, 3.05) is 13.2 Å². The second-order valence-electron chi connectivity index (χ2n) is 5.19. The molecule has 3 nitrogen and oxygen atoms in total. The van der Waals surface area contributed by atoms with Crippen LogP contribution in [0.3, 0.4) is 0 Å². The zero-order chi connectivity index (χ0) is 12.7. The largest absolute Gasteiger partial charge is 0.378 e. The molecule has 0 bridgehead atoms. The molecule has 1 aliphatic heterocycles. The van der Waals surface area contributed by atoms with Crippen LogP contribution in [0.4, 0.5) is 0 Å². The molecule has 4 heteroatoms. The number of fused-ring (bicyclic) bond motifs is 1. The summed E-state index contributed by atoms with van der Waals surface area (Å²) in [6, 6.07) is 5.96. The highest BCUT2D eigenvalue weighted by Crippen LogP contribution is 2.31. The molecule has 0 aromatic heterocycles. The van der Waals surface area contributed by atoms with Crippen molar-refractivity contribution in [3.63, 3.8) is 0 Å². The first-order chi connectivity index (χ1) is 8.65. The first-order valence-corrected chi connectivity index (χ1v) is 6.69. The van der Waals surface area contributed by atoms with Crippen molar-refractivity contribution in [2.24, 2.45) is 5.92 Å². The van der Waals surface area contributed by atoms with Crippen molar-refractivity contribution in [3.8, 4) is 0 Å². The Hall–Kier alpha value is -0.900. The highest BCUT2D eigenvalue weighted by Gasteiger charge is 2.38. The van der Waals surface area contributed by atoms with E-state index in [0.29, 0.717) is 17.7 Å². The van der Waals surface area contributed by atoms with Crippen molar-refractivity contribution in [2.45, 2.75) is 25.4 Å². The van der Waals surface area contributed by atoms with Gasteiger partial charge in [0, 0.05) is 28.6 Å². The average molecular weight is 266 g/mol. The average Bonchev–Trinajstić information content (AvgIpc) is 2.66. The summed E-state index contributed by atoms with van der Waals surface area (Å²) in [5, 5.41) is 4.16. The number of hydrogen-bond donors (Lipinski definition) is 1. The lowest BCUT2D eigenvalue weighted by Gasteiger charge is -2.32. The predicted octanol–water partition coefficient (Wildman–Crippen LogP) is 2.07. The van der Waals surface area contributed by atoms with Crippen LogP contribution < -0.4 is 5.32 Å². The summed E-state index contributed by atoms with van der Waals surface area (Å²) < 4.78 is 5.54. The van der Waals surface area contributed by atoms with E-state index in [9.17, 15) is 4.79 Å². The Bertz CT molecular complexity index is 489. The maximum absolute atomic E-state index is 12.4. The van der Waals surface area contributed by atoms with Crippen molar-refractivity contribution in [1.82, 2.24) is 5.32 Å². The standard InChI is InChI=1S/C14H16ClNO2/c1-8-6-18-7-13(16-8)12-5-9-4-10(15)2-3-11(9)14(12)17/h2-4,8,12-13,16H,5-7H2,1H3. The first kappa shape index (κ1) is 12.2. The number of ether oxygens (including phenoxy) is 1. The van der Waals surface area contributed by atoms with Gasteiger partial charge in [-0.1, -0.05) is 11.6 Å². The number of carbonyl (C=O) groups is 1. The number of hydrogen-bond acceptors (Lipinski definition) is 3. The van der Waals surface area contributed by atoms with Crippen LogP contribution in [-0.2, 0) is 11.2 Å². The van der Waals surface area contributed by atoms with Gasteiger partial charge in [0.15, 0.2) is 5.78 Å². The molecular weight excluding hydrogens is 250 g/mol. The van der Waals surface area contributed by atoms with E-state index in [1.54, 1.807) is 6.07 Å². The van der Waals surface area contributed by atoms with Gasteiger partial charge in [-0.2, -0.15) is 0 Å². The maximum atomic E-state index is 12.4. The quantitative estimate of drug-likeness (QED) is 0.845. The zero-order valence-corrected chi connectivity index (χ0v) is 11.0. The molecule has 0 amide bonds. The number of benzene rings is 1. The van der Waals surface area contributed by atoms with Crippen molar-refractivity contribution in [3.05, 3.63) is 34.3 Å². The van der Waals surface area contributed by atoms with Crippen LogP contribution in [0.25, 0.3) is 0 Å². The van der Waals surface area contributed by atoms with Crippen LogP contribution in [0.2, 0.25) is 5.02 Å². The summed E-state index contributed by atoms with van der Waals surface area (Å²) in [7, 11) is 0. The number of ketones is 1. The van der Waals surface area contributed by atoms with E-state index in [0.717, 1.165) is 24.2 Å². The van der Waals surface area contributed by atoms with Gasteiger partial charge >= 0.3 is 0 Å². The van der Waals surface area contributed by atoms with Gasteiger partial charge in [0.05, 0.1) is 13.2 Å². The van der Waals surface area contributed by atoms with Gasteiger partial charge in [-0.3, -0.25) is 4.79 Å². The lowest BCUT2D eigenvalue weighted by molar-refractivity contribution is 0.0321. The summed E-state index contributed by atoms with van der Waals surface area (Å²) in [5.74, 6) is 0.207. The van der Waals surface area contributed by atoms with Gasteiger partial charge in [-0.05, 0) is 37.1 Å². The topological polar surface area (TPSA) is 38.3 Å². The number of carbonyl (C=O) groups excluding carboxylic acids is 1. The Kier molecular flexibility index (Phi) is 3.14. The van der Waals surface area contributed by atoms with Crippen LogP contribution in [0.5, 0.6) is 0 Å². The number of halogens is 1. The fourth-order valence-corrected chi connectivity index (χ4v) is 3.09. The summed E-state index contributed by atoms with van der Waals surface area (Å²) >= 11 is 5.98. The minimum atomic E-state index is -0.0128. The van der Waals surface area contributed by atoms with E-state index in [1.807, 2.05) is 12.1 Å². The minimum Gasteiger partial charge on any atom is -0.378 e. The first-order valence-electron chi connectivity index (χ1n) is 6.31. The Morgan fingerprint density at radius 1 is 1.39 bits per heavy atom. The number of Topliss-reactive ketones (excluding diaryl/α,β-unsaturated/α-hetero) is 1. The monoisotopic (exact) mass is 265 g/mol. The minimum absolute atomic E-state index is 0.0128. The second kappa shape index (κ2) is 4.65. The van der Waals surface area contributed by atoms with Gasteiger partial charge in [0.25, 0.3) is 0 Å². The molecule has 96 valence electrons. The van der Waals surface area contributed by atoms with Gasteiger partial charge in [-0.15, -0.1) is 0 Å². The van der Waals surface area contributed by atoms with E-state index in [4.69, 9.17) is 16.3 Å². The second-order valence-corrected chi connectivity index (χ2v) is 5.62. The third-order valence-electron chi connectivity index (χ3n) is 3.76. The van der Waals surface area contributed by atoms with Gasteiger partial charge in [-0.25, -0.2) is 0 Å². The molecule has 3 atom stereocenters. The zero-order valence-electron chi connectivity index (χ0n) is 10.3. The lowest BCUT2D eigenvalue weighted by atomic mass is 9.94. The molecule has 1 aromatic carbocycles. The molecule has 1 N–H and O–H groups in total. The van der Waals surface area contributed by atoms with Crippen LogP contribution in [0.15, 0.2) is 18.2 Å². The molecule has 1 fully saturated rings. The van der Waals surface area contributed by atoms with Gasteiger partial charge in [0.2, 0.25) is 0 Å². The third kappa shape index (κ3) is 2.07. The fraction of sp³-hybridized carbons (Fsp3) is 0.500. The SMILES string of the molecule is CC1COCC(C2Cc3cc(Cl)ccc3C2=O)N1. The van der Waals surface area contributed by atoms with E-state index in [2.05, 4.69) is 12.2 Å². The molecule has 1 heterocycles. The molecule has 1 aromatic rings. The molecule has 2 aliphatic rings. The molecule has 1 aliphatic carbocycles. The lowest BCUT2D eigenvalue weighted by Crippen LogP contribution is -2.52. The maximum Gasteiger partial charge on any atom is 0.168 e. The molecule has 3 rings (SSSR count). The molecule has 0 saturated carbocycles. The van der Waals surface area contributed by atoms with E-state index in [1.165, 1.54) is 0 Å². The van der Waals surface area contributed by atoms with E-state index >= 15 is 0 Å². The van der Waals surface area contributed by atoms with Crippen LogP contribution in [-0.4, -0.2) is 31.1 Å². The van der Waals surface area contributed by atoms with E-state index in [-0.39, 0.29) is 17.7 Å². The molecule has 18 heavy (non-hydrogen) atoms. The van der Waals surface area contributed by atoms with Crippen LogP contribution >= 0.6 is 11.6 Å². The number of morpholine rings is 1. The third-order valence-corrected chi connectivity index (χ3v) is 3.99. The molecular formula is C14H16ClNO2. The smallest absolute Gasteiger partial charge is 0.168 e. The Morgan fingerprint density at radius 3 is 3.00 bits per heavy atom. The molecule has 1 saturated heterocycles. The Labute approximate surface area is 111 Å². The Morgan fingerprint density at radius 2 is 2.22 bits per heavy atom. The number of rotatable bonds is 1. The highest BCUT2D eigenvalue weighted by atomic mass is 35.5. The molecule has 0 radical (unpaired) electrons. The van der Waals surface area contributed by atoms with Crippen molar-refractivity contribution >= 4 is 17.4 Å². The summed E-state index contributed by atoms with van der Waals surface area (Å²) in [4.78, 5) is 12.4. The summed E-state index contributed by atoms with van der Waals surface area (Å²) in [6.07, 6.45) is 0.766. The molecule has 3 unspecified atom stereocenters. The van der Waals surface area contributed by atoms with Crippen LogP contribution in [0.1, 0.15) is 22.8 Å². The fourth-order valence-electron chi connectivity index (χ4n) is 2.89. The van der Waals surface area contributed by atoms with Gasteiger partial charge in [0.1, 0.15) is 0 Å². The van der Waals surface area contributed by atoms with E-state index < -0.39 is 0 Å². The number of nitrogens with one attached hydrogen (secondary N) is 1. The van der Waals surface area contributed by atoms with Crippen molar-refractivity contribution < 1.29 is 9.53 Å². The van der Waals surface area contributed by atoms with Gasteiger partial charge < -0.3 is 10.1 Å². The normalized spacial score (nSPS) is 31.4.